The van der Waals surface area contributed by atoms with Crippen molar-refractivity contribution in [1.82, 2.24) is 20.0 Å². The molecule has 166 valence electrons. The molecule has 8 nitrogen and oxygen atoms in total. The van der Waals surface area contributed by atoms with E-state index in [0.717, 1.165) is 57.5 Å². The van der Waals surface area contributed by atoms with Crippen LogP contribution in [0.3, 0.4) is 0 Å². The van der Waals surface area contributed by atoms with Gasteiger partial charge in [-0.15, -0.1) is 0 Å². The lowest BCUT2D eigenvalue weighted by molar-refractivity contribution is 0.0333. The Morgan fingerprint density at radius 2 is 2.10 bits per heavy atom. The van der Waals surface area contributed by atoms with E-state index < -0.39 is 6.10 Å². The van der Waals surface area contributed by atoms with Gasteiger partial charge in [0.1, 0.15) is 12.7 Å². The highest BCUT2D eigenvalue weighted by Crippen LogP contribution is 2.28. The number of aliphatic hydroxyl groups excluding tert-OH is 2. The minimum Gasteiger partial charge on any atom is -0.493 e. The van der Waals surface area contributed by atoms with Gasteiger partial charge in [-0.05, 0) is 49.6 Å². The van der Waals surface area contributed by atoms with Crippen molar-refractivity contribution in [3.63, 3.8) is 0 Å². The molecule has 30 heavy (non-hydrogen) atoms. The van der Waals surface area contributed by atoms with Gasteiger partial charge in [0.05, 0.1) is 13.2 Å². The Kier molecular flexibility index (Phi) is 8.95. The van der Waals surface area contributed by atoms with Crippen LogP contribution in [0.5, 0.6) is 11.5 Å². The van der Waals surface area contributed by atoms with Crippen LogP contribution in [0, 0.1) is 0 Å². The second kappa shape index (κ2) is 11.9. The fourth-order valence-corrected chi connectivity index (χ4v) is 3.61. The molecule has 1 atom stereocenters. The smallest absolute Gasteiger partial charge is 0.161 e. The molecule has 0 saturated carbocycles. The predicted octanol–water partition coefficient (Wildman–Crippen LogP) is 1.27. The number of nitrogens with one attached hydrogen (secondary N) is 1. The SMILES string of the molecule is COc1cc(CNCCCn2cccn2)ccc1OC[C@@H](O)CN1CCC(O)CC1. The zero-order valence-electron chi connectivity index (χ0n) is 17.7. The molecule has 1 aliphatic rings. The zero-order valence-corrected chi connectivity index (χ0v) is 17.7. The summed E-state index contributed by atoms with van der Waals surface area (Å²) in [5, 5.41) is 27.5. The van der Waals surface area contributed by atoms with E-state index in [0.29, 0.717) is 18.0 Å². The molecular weight excluding hydrogens is 384 g/mol. The maximum atomic E-state index is 10.3. The third-order valence-corrected chi connectivity index (χ3v) is 5.31. The quantitative estimate of drug-likeness (QED) is 0.447. The van der Waals surface area contributed by atoms with E-state index in [2.05, 4.69) is 15.3 Å². The Bertz CT molecular complexity index is 733. The molecule has 2 heterocycles. The average Bonchev–Trinajstić information content (AvgIpc) is 3.27. The first-order valence-electron chi connectivity index (χ1n) is 10.7. The number of likely N-dealkylation sites (tertiary alicyclic amines) is 1. The van der Waals surface area contributed by atoms with Crippen molar-refractivity contribution < 1.29 is 19.7 Å². The highest BCUT2D eigenvalue weighted by molar-refractivity contribution is 5.43. The van der Waals surface area contributed by atoms with Crippen molar-refractivity contribution >= 4 is 0 Å². The Hall–Kier alpha value is -2.13. The van der Waals surface area contributed by atoms with E-state index >= 15 is 0 Å². The van der Waals surface area contributed by atoms with Crippen molar-refractivity contribution in [1.29, 1.82) is 0 Å². The van der Waals surface area contributed by atoms with Crippen LogP contribution in [0.15, 0.2) is 36.7 Å². The molecule has 1 aromatic carbocycles. The van der Waals surface area contributed by atoms with Gasteiger partial charge in [0.25, 0.3) is 0 Å². The van der Waals surface area contributed by atoms with E-state index in [1.54, 1.807) is 13.3 Å². The molecule has 0 amide bonds. The highest BCUT2D eigenvalue weighted by atomic mass is 16.5. The number of benzene rings is 1. The number of hydrogen-bond donors (Lipinski definition) is 3. The third-order valence-electron chi connectivity index (χ3n) is 5.31. The number of aliphatic hydroxyl groups is 2. The fourth-order valence-electron chi connectivity index (χ4n) is 3.61. The van der Waals surface area contributed by atoms with Crippen molar-refractivity contribution in [2.45, 2.75) is 44.6 Å². The van der Waals surface area contributed by atoms with Crippen molar-refractivity contribution in [3.8, 4) is 11.5 Å². The number of methoxy groups -OCH3 is 1. The molecule has 1 aromatic heterocycles. The zero-order chi connectivity index (χ0) is 21.2. The van der Waals surface area contributed by atoms with Crippen LogP contribution in [-0.4, -0.2) is 77.0 Å². The van der Waals surface area contributed by atoms with Gasteiger partial charge in [0, 0.05) is 45.1 Å². The summed E-state index contributed by atoms with van der Waals surface area (Å²) < 4.78 is 13.2. The standard InChI is InChI=1S/C22H34N4O4/c1-29-22-14-18(15-23-8-2-10-26-11-3-9-24-26)4-5-21(22)30-17-20(28)16-25-12-6-19(27)7-13-25/h3-5,9,11,14,19-20,23,27-28H,2,6-8,10,12-13,15-17H2,1H3/t20-/m0/s1. The molecule has 0 unspecified atom stereocenters. The average molecular weight is 419 g/mol. The van der Waals surface area contributed by atoms with Gasteiger partial charge < -0.3 is 29.9 Å². The lowest BCUT2D eigenvalue weighted by Gasteiger charge is -2.30. The summed E-state index contributed by atoms with van der Waals surface area (Å²) >= 11 is 0. The highest BCUT2D eigenvalue weighted by Gasteiger charge is 2.20. The normalized spacial score (nSPS) is 16.5. The molecule has 1 fully saturated rings. The van der Waals surface area contributed by atoms with Crippen LogP contribution in [0.2, 0.25) is 0 Å². The lowest BCUT2D eigenvalue weighted by Crippen LogP contribution is -2.41. The predicted molar refractivity (Wildman–Crippen MR) is 115 cm³/mol. The molecular formula is C22H34N4O4. The van der Waals surface area contributed by atoms with Crippen molar-refractivity contribution in [2.75, 3.05) is 39.9 Å². The third kappa shape index (κ3) is 7.28. The summed E-state index contributed by atoms with van der Waals surface area (Å²) in [7, 11) is 1.62. The summed E-state index contributed by atoms with van der Waals surface area (Å²) in [6.07, 6.45) is 5.51. The number of β-amino-alcohol motifs (C(OH)–C–C–N with tert-alkyl or cyclic N) is 1. The Labute approximate surface area is 178 Å². The van der Waals surface area contributed by atoms with Crippen molar-refractivity contribution in [2.24, 2.45) is 0 Å². The number of rotatable bonds is 12. The van der Waals surface area contributed by atoms with Gasteiger partial charge in [0.15, 0.2) is 11.5 Å². The molecule has 2 aromatic rings. The van der Waals surface area contributed by atoms with E-state index in [-0.39, 0.29) is 12.7 Å². The number of aromatic nitrogens is 2. The van der Waals surface area contributed by atoms with Crippen LogP contribution in [0.4, 0.5) is 0 Å². The summed E-state index contributed by atoms with van der Waals surface area (Å²) in [6.45, 7) is 4.93. The van der Waals surface area contributed by atoms with Gasteiger partial charge in [0.2, 0.25) is 0 Å². The largest absolute Gasteiger partial charge is 0.493 e. The number of aryl methyl sites for hydroxylation is 1. The van der Waals surface area contributed by atoms with Crippen LogP contribution in [0.25, 0.3) is 0 Å². The van der Waals surface area contributed by atoms with Crippen molar-refractivity contribution in [3.05, 3.63) is 42.2 Å². The molecule has 8 heteroatoms. The molecule has 0 radical (unpaired) electrons. The molecule has 1 saturated heterocycles. The van der Waals surface area contributed by atoms with E-state index in [9.17, 15) is 10.2 Å². The summed E-state index contributed by atoms with van der Waals surface area (Å²) in [5.41, 5.74) is 1.12. The number of hydrogen-bond acceptors (Lipinski definition) is 7. The van der Waals surface area contributed by atoms with Gasteiger partial charge in [-0.25, -0.2) is 0 Å². The minimum atomic E-state index is -0.582. The Balaban J connectivity index is 1.38. The topological polar surface area (TPSA) is 92.0 Å². The Morgan fingerprint density at radius 3 is 2.83 bits per heavy atom. The van der Waals surface area contributed by atoms with Gasteiger partial charge in [-0.1, -0.05) is 6.07 Å². The van der Waals surface area contributed by atoms with Crippen LogP contribution >= 0.6 is 0 Å². The van der Waals surface area contributed by atoms with Gasteiger partial charge >= 0.3 is 0 Å². The number of ether oxygens (including phenoxy) is 2. The van der Waals surface area contributed by atoms with Gasteiger partial charge in [-0.3, -0.25) is 4.68 Å². The maximum Gasteiger partial charge on any atom is 0.161 e. The maximum absolute atomic E-state index is 10.3. The summed E-state index contributed by atoms with van der Waals surface area (Å²) in [6, 6.07) is 7.80. The molecule has 3 N–H and O–H groups in total. The monoisotopic (exact) mass is 418 g/mol. The lowest BCUT2D eigenvalue weighted by atomic mass is 10.1. The van der Waals surface area contributed by atoms with E-state index in [1.165, 1.54) is 0 Å². The molecule has 0 aliphatic carbocycles. The fraction of sp³-hybridized carbons (Fsp3) is 0.591. The number of piperidine rings is 1. The van der Waals surface area contributed by atoms with Crippen LogP contribution in [-0.2, 0) is 13.1 Å². The first-order chi connectivity index (χ1) is 14.6. The first kappa shape index (κ1) is 22.6. The van der Waals surface area contributed by atoms with E-state index in [4.69, 9.17) is 9.47 Å². The summed E-state index contributed by atoms with van der Waals surface area (Å²) in [4.78, 5) is 2.17. The summed E-state index contributed by atoms with van der Waals surface area (Å²) in [5.74, 6) is 1.30. The first-order valence-corrected chi connectivity index (χ1v) is 10.7. The second-order valence-electron chi connectivity index (χ2n) is 7.78. The molecule has 1 aliphatic heterocycles. The molecule has 0 bridgehead atoms. The second-order valence-corrected chi connectivity index (χ2v) is 7.78. The van der Waals surface area contributed by atoms with E-state index in [1.807, 2.05) is 35.1 Å². The molecule has 0 spiro atoms. The van der Waals surface area contributed by atoms with Crippen LogP contribution < -0.4 is 14.8 Å². The minimum absolute atomic E-state index is 0.205. The number of nitrogens with zero attached hydrogens (tertiary/aromatic N) is 3. The van der Waals surface area contributed by atoms with Gasteiger partial charge in [-0.2, -0.15) is 5.10 Å². The Morgan fingerprint density at radius 1 is 1.27 bits per heavy atom. The van der Waals surface area contributed by atoms with Crippen LogP contribution in [0.1, 0.15) is 24.8 Å². The molecule has 3 rings (SSSR count).